The molecule has 0 unspecified atom stereocenters. The molecule has 0 N–H and O–H groups in total. The molecule has 0 amide bonds. The zero-order valence-corrected chi connectivity index (χ0v) is 14.8. The molecule has 0 aliphatic heterocycles. The number of nitrogens with zero attached hydrogens (tertiary/aromatic N) is 5. The highest BCUT2D eigenvalue weighted by atomic mass is 32.2. The van der Waals surface area contributed by atoms with E-state index in [1.807, 2.05) is 25.5 Å². The van der Waals surface area contributed by atoms with Crippen molar-refractivity contribution >= 4 is 42.9 Å². The zero-order chi connectivity index (χ0) is 17.8. The first kappa shape index (κ1) is 15.9. The number of anilines is 1. The molecule has 0 fully saturated rings. The van der Waals surface area contributed by atoms with Gasteiger partial charge in [0.25, 0.3) is 0 Å². The largest absolute Gasteiger partial charge is 0.362 e. The number of fused-ring (bicyclic) bond motifs is 3. The molecule has 3 aromatic heterocycles. The van der Waals surface area contributed by atoms with Crippen molar-refractivity contribution in [2.45, 2.75) is 9.92 Å². The summed E-state index contributed by atoms with van der Waals surface area (Å²) in [4.78, 5) is 6.96. The van der Waals surface area contributed by atoms with Crippen LogP contribution < -0.4 is 4.90 Å². The molecule has 3 heterocycles. The smallest absolute Gasteiger partial charge is 0.229 e. The predicted molar refractivity (Wildman–Crippen MR) is 92.3 cm³/mol. The summed E-state index contributed by atoms with van der Waals surface area (Å²) < 4.78 is 40.3. The molecule has 0 bridgehead atoms. The summed E-state index contributed by atoms with van der Waals surface area (Å²) in [7, 11) is -0.316. The van der Waals surface area contributed by atoms with E-state index in [9.17, 15) is 12.8 Å². The van der Waals surface area contributed by atoms with Gasteiger partial charge in [-0.2, -0.15) is 4.52 Å². The highest BCUT2D eigenvalue weighted by molar-refractivity contribution is 7.91. The lowest BCUT2D eigenvalue weighted by Crippen LogP contribution is -2.12. The van der Waals surface area contributed by atoms with E-state index in [0.717, 1.165) is 22.3 Å². The average Bonchev–Trinajstić information content (AvgIpc) is 3.20. The molecule has 4 rings (SSSR count). The van der Waals surface area contributed by atoms with Gasteiger partial charge in [0.2, 0.25) is 14.9 Å². The van der Waals surface area contributed by atoms with Gasteiger partial charge in [0, 0.05) is 14.1 Å². The van der Waals surface area contributed by atoms with E-state index < -0.39 is 15.7 Å². The highest BCUT2D eigenvalue weighted by Crippen LogP contribution is 2.31. The summed E-state index contributed by atoms with van der Waals surface area (Å²) >= 11 is 1.42. The molecule has 0 radical (unpaired) electrons. The number of thiophene rings is 1. The molecular formula is C15H12FN5O2S2. The minimum atomic E-state index is -3.97. The summed E-state index contributed by atoms with van der Waals surface area (Å²) in [5.41, 5.74) is 0.142. The molecule has 0 spiro atoms. The van der Waals surface area contributed by atoms with Gasteiger partial charge in [0.1, 0.15) is 16.5 Å². The molecule has 4 aromatic rings. The van der Waals surface area contributed by atoms with Gasteiger partial charge in [-0.3, -0.25) is 0 Å². The number of aromatic nitrogens is 4. The number of hydrogen-bond donors (Lipinski definition) is 0. The van der Waals surface area contributed by atoms with Crippen molar-refractivity contribution in [2.75, 3.05) is 19.0 Å². The van der Waals surface area contributed by atoms with Gasteiger partial charge >= 0.3 is 0 Å². The van der Waals surface area contributed by atoms with Crippen molar-refractivity contribution in [1.82, 2.24) is 19.8 Å². The molecule has 10 heteroatoms. The standard InChI is InChI=1S/C15H12FN5O2S2/c1-20(2)12-11-7-8-24-15(11)21-13(17-12)14(18-19-21)25(22,23)10-5-3-9(16)4-6-10/h3-8H,1-2H3. The molecule has 25 heavy (non-hydrogen) atoms. The number of halogens is 1. The summed E-state index contributed by atoms with van der Waals surface area (Å²) in [5, 5.41) is 10.3. The maximum atomic E-state index is 13.1. The molecule has 0 atom stereocenters. The Labute approximate surface area is 146 Å². The van der Waals surface area contributed by atoms with Crippen LogP contribution in [0.3, 0.4) is 0 Å². The van der Waals surface area contributed by atoms with Crippen LogP contribution in [0.1, 0.15) is 0 Å². The van der Waals surface area contributed by atoms with Gasteiger partial charge < -0.3 is 4.90 Å². The topological polar surface area (TPSA) is 80.5 Å². The lowest BCUT2D eigenvalue weighted by molar-refractivity contribution is 0.591. The van der Waals surface area contributed by atoms with Gasteiger partial charge in [-0.05, 0) is 35.7 Å². The normalized spacial score (nSPS) is 12.1. The molecule has 1 aromatic carbocycles. The minimum Gasteiger partial charge on any atom is -0.362 e. The number of hydrogen-bond acceptors (Lipinski definition) is 7. The Morgan fingerprint density at radius 3 is 2.56 bits per heavy atom. The Hall–Kier alpha value is -2.59. The molecule has 0 aliphatic carbocycles. The van der Waals surface area contributed by atoms with Crippen LogP contribution in [0.5, 0.6) is 0 Å². The van der Waals surface area contributed by atoms with Crippen LogP contribution in [-0.4, -0.2) is 42.3 Å². The molecule has 7 nitrogen and oxygen atoms in total. The van der Waals surface area contributed by atoms with Crippen LogP contribution in [0.4, 0.5) is 10.2 Å². The minimum absolute atomic E-state index is 0.0595. The van der Waals surface area contributed by atoms with Crippen LogP contribution in [-0.2, 0) is 9.84 Å². The highest BCUT2D eigenvalue weighted by Gasteiger charge is 2.27. The van der Waals surface area contributed by atoms with E-state index in [-0.39, 0.29) is 15.6 Å². The van der Waals surface area contributed by atoms with Crippen molar-refractivity contribution in [3.05, 3.63) is 41.5 Å². The summed E-state index contributed by atoms with van der Waals surface area (Å²) in [6.07, 6.45) is 0. The monoisotopic (exact) mass is 377 g/mol. The summed E-state index contributed by atoms with van der Waals surface area (Å²) in [6.45, 7) is 0. The van der Waals surface area contributed by atoms with Crippen LogP contribution in [0.2, 0.25) is 0 Å². The maximum absolute atomic E-state index is 13.1. The quantitative estimate of drug-likeness (QED) is 0.510. The lowest BCUT2D eigenvalue weighted by Gasteiger charge is -2.13. The van der Waals surface area contributed by atoms with Crippen LogP contribution in [0.25, 0.3) is 15.9 Å². The fourth-order valence-corrected chi connectivity index (χ4v) is 4.61. The van der Waals surface area contributed by atoms with E-state index in [4.69, 9.17) is 0 Å². The summed E-state index contributed by atoms with van der Waals surface area (Å²) in [6, 6.07) is 6.49. The van der Waals surface area contributed by atoms with E-state index in [2.05, 4.69) is 15.3 Å². The molecule has 128 valence electrons. The fourth-order valence-electron chi connectivity index (χ4n) is 2.53. The van der Waals surface area contributed by atoms with Crippen molar-refractivity contribution in [3.8, 4) is 0 Å². The third-order valence-electron chi connectivity index (χ3n) is 3.71. The number of rotatable bonds is 3. The SMILES string of the molecule is CN(C)c1nc2c(S(=O)(=O)c3ccc(F)cc3)nnn2c2sccc12. The number of sulfone groups is 1. The first-order valence-electron chi connectivity index (χ1n) is 7.20. The lowest BCUT2D eigenvalue weighted by atomic mass is 10.3. The number of benzene rings is 1. The second kappa shape index (κ2) is 5.46. The molecule has 0 saturated carbocycles. The Balaban J connectivity index is 2.03. The van der Waals surface area contributed by atoms with Crippen LogP contribution >= 0.6 is 11.3 Å². The second-order valence-corrected chi connectivity index (χ2v) is 8.32. The van der Waals surface area contributed by atoms with E-state index >= 15 is 0 Å². The third kappa shape index (κ3) is 2.36. The predicted octanol–water partition coefficient (Wildman–Crippen LogP) is 2.38. The Morgan fingerprint density at radius 2 is 1.88 bits per heavy atom. The van der Waals surface area contributed by atoms with Crippen molar-refractivity contribution in [2.24, 2.45) is 0 Å². The summed E-state index contributed by atoms with van der Waals surface area (Å²) in [5.74, 6) is 0.113. The van der Waals surface area contributed by atoms with Crippen molar-refractivity contribution in [3.63, 3.8) is 0 Å². The zero-order valence-electron chi connectivity index (χ0n) is 13.2. The van der Waals surface area contributed by atoms with Gasteiger partial charge in [0.15, 0.2) is 5.65 Å². The molecular weight excluding hydrogens is 365 g/mol. The first-order valence-corrected chi connectivity index (χ1v) is 9.56. The second-order valence-electron chi connectivity index (χ2n) is 5.56. The third-order valence-corrected chi connectivity index (χ3v) is 6.26. The van der Waals surface area contributed by atoms with Crippen molar-refractivity contribution in [1.29, 1.82) is 0 Å². The molecule has 0 aliphatic rings. The Morgan fingerprint density at radius 1 is 1.16 bits per heavy atom. The van der Waals surface area contributed by atoms with E-state index in [0.29, 0.717) is 5.82 Å². The van der Waals surface area contributed by atoms with Crippen LogP contribution in [0, 0.1) is 5.82 Å². The fraction of sp³-hybridized carbons (Fsp3) is 0.133. The van der Waals surface area contributed by atoms with Gasteiger partial charge in [-0.25, -0.2) is 17.8 Å². The maximum Gasteiger partial charge on any atom is 0.229 e. The van der Waals surface area contributed by atoms with E-state index in [1.165, 1.54) is 28.0 Å². The van der Waals surface area contributed by atoms with Crippen LogP contribution in [0.15, 0.2) is 45.6 Å². The average molecular weight is 377 g/mol. The Kier molecular flexibility index (Phi) is 3.48. The van der Waals surface area contributed by atoms with Gasteiger partial charge in [-0.15, -0.1) is 16.4 Å². The molecule has 0 saturated heterocycles. The van der Waals surface area contributed by atoms with Crippen molar-refractivity contribution < 1.29 is 12.8 Å². The van der Waals surface area contributed by atoms with Gasteiger partial charge in [0.05, 0.1) is 10.3 Å². The first-order chi connectivity index (χ1) is 11.9. The van der Waals surface area contributed by atoms with Gasteiger partial charge in [-0.1, -0.05) is 5.21 Å². The van der Waals surface area contributed by atoms with E-state index in [1.54, 1.807) is 4.90 Å². The Bertz CT molecular complexity index is 1200.